The third kappa shape index (κ3) is 3.68. The van der Waals surface area contributed by atoms with Crippen LogP contribution in [0.4, 0.5) is 15.9 Å². The second-order valence-electron chi connectivity index (χ2n) is 8.01. The normalized spacial score (nSPS) is 16.8. The summed E-state index contributed by atoms with van der Waals surface area (Å²) in [6.45, 7) is 3.65. The van der Waals surface area contributed by atoms with E-state index in [0.717, 1.165) is 28.1 Å². The number of aromatic nitrogens is 2. The highest BCUT2D eigenvalue weighted by Gasteiger charge is 2.38. The van der Waals surface area contributed by atoms with Gasteiger partial charge < -0.3 is 5.32 Å². The van der Waals surface area contributed by atoms with Crippen LogP contribution in [0.3, 0.4) is 0 Å². The Hall–Kier alpha value is -4.25. The predicted molar refractivity (Wildman–Crippen MR) is 129 cm³/mol. The van der Waals surface area contributed by atoms with Gasteiger partial charge in [0.25, 0.3) is 5.91 Å². The second-order valence-corrected chi connectivity index (χ2v) is 8.01. The monoisotopic (exact) mass is 435 g/mol. The van der Waals surface area contributed by atoms with Crippen molar-refractivity contribution in [2.45, 2.75) is 11.8 Å². The van der Waals surface area contributed by atoms with E-state index in [2.05, 4.69) is 35.2 Å². The van der Waals surface area contributed by atoms with Crippen LogP contribution in [0.1, 0.15) is 27.2 Å². The Morgan fingerprint density at radius 1 is 0.970 bits per heavy atom. The van der Waals surface area contributed by atoms with Crippen LogP contribution in [0.25, 0.3) is 6.08 Å². The van der Waals surface area contributed by atoms with Gasteiger partial charge in [-0.15, -0.1) is 5.10 Å². The number of hydrogen-bond donors (Lipinski definition) is 1. The first-order valence-corrected chi connectivity index (χ1v) is 10.7. The third-order valence-corrected chi connectivity index (χ3v) is 6.07. The van der Waals surface area contributed by atoms with E-state index in [1.807, 2.05) is 54.6 Å². The lowest BCUT2D eigenvalue weighted by Gasteiger charge is -2.35. The first-order chi connectivity index (χ1) is 16.1. The molecule has 1 aliphatic carbocycles. The minimum Gasteiger partial charge on any atom is -0.338 e. The molecule has 1 atom stereocenters. The molecule has 1 heterocycles. The fourth-order valence-electron chi connectivity index (χ4n) is 4.42. The Morgan fingerprint density at radius 2 is 1.61 bits per heavy atom. The molecule has 1 aliphatic rings. The van der Waals surface area contributed by atoms with Crippen molar-refractivity contribution in [1.29, 1.82) is 0 Å². The van der Waals surface area contributed by atoms with Gasteiger partial charge in [-0.2, -0.15) is 4.68 Å². The number of fused-ring (bicyclic) bond motifs is 1. The van der Waals surface area contributed by atoms with Crippen LogP contribution in [-0.2, 0) is 11.8 Å². The summed E-state index contributed by atoms with van der Waals surface area (Å²) in [7, 11) is 0. The predicted octanol–water partition coefficient (Wildman–Crippen LogP) is 6.15. The maximum absolute atomic E-state index is 13.8. The number of para-hydroxylation sites is 1. The number of carbonyl (C=O) groups excluding carboxylic acids is 1. The second kappa shape index (κ2) is 8.36. The van der Waals surface area contributed by atoms with Gasteiger partial charge in [0.1, 0.15) is 5.82 Å². The van der Waals surface area contributed by atoms with Crippen LogP contribution < -0.4 is 5.32 Å². The number of nitrogens with one attached hydrogen (secondary N) is 1. The maximum Gasteiger partial charge on any atom is 0.270 e. The topological polar surface area (TPSA) is 46.9 Å². The van der Waals surface area contributed by atoms with E-state index in [1.54, 1.807) is 12.1 Å². The Balaban J connectivity index is 1.68. The lowest BCUT2D eigenvalue weighted by Crippen LogP contribution is -2.32. The highest BCUT2D eigenvalue weighted by atomic mass is 19.1. The molecule has 0 saturated heterocycles. The van der Waals surface area contributed by atoms with Gasteiger partial charge in [0.05, 0.1) is 5.69 Å². The summed E-state index contributed by atoms with van der Waals surface area (Å²) >= 11 is 0. The largest absolute Gasteiger partial charge is 0.338 e. The summed E-state index contributed by atoms with van der Waals surface area (Å²) in [5, 5.41) is 7.92. The van der Waals surface area contributed by atoms with Crippen LogP contribution in [0.15, 0.2) is 104 Å². The maximum atomic E-state index is 13.8. The van der Waals surface area contributed by atoms with E-state index in [9.17, 15) is 9.18 Å². The van der Waals surface area contributed by atoms with Crippen molar-refractivity contribution in [1.82, 2.24) is 9.78 Å². The molecule has 1 unspecified atom stereocenters. The van der Waals surface area contributed by atoms with Gasteiger partial charge in [0.2, 0.25) is 0 Å². The molecule has 162 valence electrons. The molecule has 0 saturated carbocycles. The van der Waals surface area contributed by atoms with Crippen molar-refractivity contribution in [3.05, 3.63) is 132 Å². The number of allylic oxidation sites excluding steroid dienone is 2. The van der Waals surface area contributed by atoms with Gasteiger partial charge in [0, 0.05) is 23.1 Å². The van der Waals surface area contributed by atoms with E-state index in [1.165, 1.54) is 22.9 Å². The smallest absolute Gasteiger partial charge is 0.270 e. The lowest BCUT2D eigenvalue weighted by atomic mass is 9.68. The summed E-state index contributed by atoms with van der Waals surface area (Å²) < 4.78 is 15.2. The van der Waals surface area contributed by atoms with Crippen LogP contribution in [-0.4, -0.2) is 15.7 Å². The molecule has 0 amide bonds. The SMILES string of the molecule is C=CC(=O)n1nc(Nc2ccccc2)c2c1CC(c1ccccc1)(c1ccc(F)cc1)C=C2. The molecule has 4 nitrogen and oxygen atoms in total. The van der Waals surface area contributed by atoms with Crippen LogP contribution >= 0.6 is 0 Å². The zero-order chi connectivity index (χ0) is 22.8. The van der Waals surface area contributed by atoms with Crippen molar-refractivity contribution in [3.63, 3.8) is 0 Å². The summed E-state index contributed by atoms with van der Waals surface area (Å²) in [5.41, 5.74) is 3.91. The number of anilines is 2. The Labute approximate surface area is 191 Å². The summed E-state index contributed by atoms with van der Waals surface area (Å²) in [6.07, 6.45) is 5.87. The van der Waals surface area contributed by atoms with E-state index in [4.69, 9.17) is 0 Å². The first kappa shape index (κ1) is 20.6. The minimum absolute atomic E-state index is 0.288. The van der Waals surface area contributed by atoms with Crippen LogP contribution in [0.5, 0.6) is 0 Å². The van der Waals surface area contributed by atoms with Crippen molar-refractivity contribution in [2.75, 3.05) is 5.32 Å². The van der Waals surface area contributed by atoms with Gasteiger partial charge in [-0.1, -0.05) is 79.4 Å². The minimum atomic E-state index is -0.578. The quantitative estimate of drug-likeness (QED) is 0.383. The van der Waals surface area contributed by atoms with Crippen molar-refractivity contribution < 1.29 is 9.18 Å². The summed E-state index contributed by atoms with van der Waals surface area (Å²) in [4.78, 5) is 12.8. The highest BCUT2D eigenvalue weighted by molar-refractivity contribution is 5.91. The number of carbonyl (C=O) groups is 1. The standard InChI is InChI=1S/C28H22FN3O/c1-2-26(33)32-25-19-28(20-9-5-3-6-10-20,21-13-15-22(29)16-14-21)18-17-24(25)27(31-32)30-23-11-7-4-8-12-23/h2-18H,1,19H2,(H,30,31). The third-order valence-electron chi connectivity index (χ3n) is 6.07. The van der Waals surface area contributed by atoms with Crippen molar-refractivity contribution in [3.8, 4) is 0 Å². The molecule has 0 fully saturated rings. The molecule has 0 spiro atoms. The molecule has 33 heavy (non-hydrogen) atoms. The number of rotatable bonds is 5. The van der Waals surface area contributed by atoms with E-state index < -0.39 is 5.41 Å². The fourth-order valence-corrected chi connectivity index (χ4v) is 4.42. The zero-order valence-corrected chi connectivity index (χ0v) is 17.9. The fraction of sp³-hybridized carbons (Fsp3) is 0.0714. The van der Waals surface area contributed by atoms with Crippen LogP contribution in [0.2, 0.25) is 0 Å². The molecule has 1 N–H and O–H groups in total. The summed E-state index contributed by atoms with van der Waals surface area (Å²) in [6, 6.07) is 26.3. The van der Waals surface area contributed by atoms with E-state index in [0.29, 0.717) is 12.2 Å². The van der Waals surface area contributed by atoms with Crippen molar-refractivity contribution in [2.24, 2.45) is 0 Å². The number of benzene rings is 3. The summed E-state index contributed by atoms with van der Waals surface area (Å²) in [5.74, 6) is 0.0100. The van der Waals surface area contributed by atoms with Crippen molar-refractivity contribution >= 4 is 23.5 Å². The van der Waals surface area contributed by atoms with Gasteiger partial charge in [-0.25, -0.2) is 4.39 Å². The van der Waals surface area contributed by atoms with E-state index >= 15 is 0 Å². The Morgan fingerprint density at radius 3 is 2.27 bits per heavy atom. The molecule has 1 aromatic heterocycles. The molecular formula is C28H22FN3O. The van der Waals surface area contributed by atoms with Gasteiger partial charge in [0.15, 0.2) is 5.82 Å². The molecule has 0 bridgehead atoms. The highest BCUT2D eigenvalue weighted by Crippen LogP contribution is 2.43. The molecule has 3 aromatic carbocycles. The average molecular weight is 436 g/mol. The average Bonchev–Trinajstić information content (AvgIpc) is 3.22. The number of nitrogens with zero attached hydrogens (tertiary/aromatic N) is 2. The van der Waals surface area contributed by atoms with Crippen LogP contribution in [0, 0.1) is 5.82 Å². The molecular weight excluding hydrogens is 413 g/mol. The number of halogens is 1. The molecule has 0 radical (unpaired) electrons. The van der Waals surface area contributed by atoms with Gasteiger partial charge >= 0.3 is 0 Å². The Kier molecular flexibility index (Phi) is 5.23. The van der Waals surface area contributed by atoms with E-state index in [-0.39, 0.29) is 11.7 Å². The van der Waals surface area contributed by atoms with Gasteiger partial charge in [-0.05, 0) is 41.5 Å². The first-order valence-electron chi connectivity index (χ1n) is 10.7. The molecule has 0 aliphatic heterocycles. The van der Waals surface area contributed by atoms with Gasteiger partial charge in [-0.3, -0.25) is 4.79 Å². The lowest BCUT2D eigenvalue weighted by molar-refractivity contribution is 0.0950. The molecule has 4 aromatic rings. The number of hydrogen-bond acceptors (Lipinski definition) is 3. The molecule has 5 rings (SSSR count). The Bertz CT molecular complexity index is 1340. The molecule has 5 heteroatoms. The zero-order valence-electron chi connectivity index (χ0n) is 17.9.